The second kappa shape index (κ2) is 9.27. The summed E-state index contributed by atoms with van der Waals surface area (Å²) in [5.41, 5.74) is 1.45. The van der Waals surface area contributed by atoms with E-state index in [9.17, 15) is 9.90 Å². The summed E-state index contributed by atoms with van der Waals surface area (Å²) in [5, 5.41) is 13.4. The van der Waals surface area contributed by atoms with Gasteiger partial charge in [0.2, 0.25) is 5.91 Å². The number of aliphatic hydroxyl groups is 1. The Bertz CT molecular complexity index is 656. The first-order valence-electron chi connectivity index (χ1n) is 11.3. The number of likely N-dealkylation sites (N-methyl/N-ethyl adjacent to an activating group) is 1. The SMILES string of the molecule is CN(CC1CCOCC1)C(C)(C)C(=O)NC1=CC(C2(CO)CCCC2)=[N+](C)CC1. The van der Waals surface area contributed by atoms with Crippen molar-refractivity contribution in [3.63, 3.8) is 0 Å². The van der Waals surface area contributed by atoms with Crippen molar-refractivity contribution in [1.29, 1.82) is 0 Å². The molecule has 0 aromatic heterocycles. The van der Waals surface area contributed by atoms with Crippen LogP contribution in [0.1, 0.15) is 58.8 Å². The van der Waals surface area contributed by atoms with Crippen LogP contribution in [0.3, 0.4) is 0 Å². The van der Waals surface area contributed by atoms with Crippen LogP contribution in [0.5, 0.6) is 0 Å². The van der Waals surface area contributed by atoms with Crippen LogP contribution in [-0.4, -0.2) is 78.7 Å². The molecule has 2 aliphatic heterocycles. The summed E-state index contributed by atoms with van der Waals surface area (Å²) in [4.78, 5) is 15.4. The minimum Gasteiger partial charge on any atom is -0.395 e. The maximum Gasteiger partial charge on any atom is 0.244 e. The predicted octanol–water partition coefficient (Wildman–Crippen LogP) is 2.16. The van der Waals surface area contributed by atoms with Gasteiger partial charge in [-0.25, -0.2) is 4.58 Å². The average molecular weight is 407 g/mol. The highest BCUT2D eigenvalue weighted by Crippen LogP contribution is 2.40. The Balaban J connectivity index is 1.67. The van der Waals surface area contributed by atoms with E-state index in [4.69, 9.17) is 4.74 Å². The number of nitrogens with zero attached hydrogens (tertiary/aromatic N) is 2. The number of hydrogen-bond acceptors (Lipinski definition) is 4. The van der Waals surface area contributed by atoms with Gasteiger partial charge in [-0.05, 0) is 52.5 Å². The third-order valence-electron chi connectivity index (χ3n) is 7.50. The van der Waals surface area contributed by atoms with Crippen molar-refractivity contribution in [2.24, 2.45) is 11.3 Å². The molecule has 3 aliphatic rings. The van der Waals surface area contributed by atoms with Crippen LogP contribution in [0.2, 0.25) is 0 Å². The van der Waals surface area contributed by atoms with Crippen molar-refractivity contribution < 1.29 is 19.2 Å². The molecule has 3 rings (SSSR count). The van der Waals surface area contributed by atoms with E-state index in [1.54, 1.807) is 0 Å². The lowest BCUT2D eigenvalue weighted by Crippen LogP contribution is -2.55. The maximum absolute atomic E-state index is 13.2. The van der Waals surface area contributed by atoms with Crippen molar-refractivity contribution in [3.05, 3.63) is 11.8 Å². The normalized spacial score (nSPS) is 23.4. The largest absolute Gasteiger partial charge is 0.395 e. The molecule has 164 valence electrons. The number of allylic oxidation sites excluding steroid dienone is 1. The standard InChI is InChI=1S/C23H39N3O3/c1-22(2,26(4)16-18-8-13-29-14-9-18)21(28)24-19-7-12-25(3)20(15-19)23(17-27)10-5-6-11-23/h15,18,27H,5-14,16-17H2,1-4H3/p+1. The summed E-state index contributed by atoms with van der Waals surface area (Å²) in [5.74, 6) is 0.641. The van der Waals surface area contributed by atoms with Crippen LogP contribution in [0.25, 0.3) is 0 Å². The number of carbonyl (C=O) groups excluding carboxylic acids is 1. The Morgan fingerprint density at radius 1 is 1.34 bits per heavy atom. The van der Waals surface area contributed by atoms with Crippen LogP contribution >= 0.6 is 0 Å². The van der Waals surface area contributed by atoms with Gasteiger partial charge in [-0.15, -0.1) is 0 Å². The highest BCUT2D eigenvalue weighted by Gasteiger charge is 2.44. The van der Waals surface area contributed by atoms with Gasteiger partial charge < -0.3 is 15.2 Å². The second-order valence-corrected chi connectivity index (χ2v) is 9.82. The molecule has 1 aliphatic carbocycles. The molecule has 29 heavy (non-hydrogen) atoms. The molecule has 1 saturated carbocycles. The predicted molar refractivity (Wildman–Crippen MR) is 115 cm³/mol. The third-order valence-corrected chi connectivity index (χ3v) is 7.50. The van der Waals surface area contributed by atoms with Crippen LogP contribution < -0.4 is 5.32 Å². The molecule has 0 spiro atoms. The van der Waals surface area contributed by atoms with Crippen molar-refractivity contribution in [1.82, 2.24) is 10.2 Å². The summed E-state index contributed by atoms with van der Waals surface area (Å²) in [6.45, 7) is 7.65. The molecule has 0 unspecified atom stereocenters. The first-order valence-corrected chi connectivity index (χ1v) is 11.3. The first kappa shape index (κ1) is 22.4. The van der Waals surface area contributed by atoms with Crippen LogP contribution in [0.4, 0.5) is 0 Å². The Hall–Kier alpha value is -1.24. The lowest BCUT2D eigenvalue weighted by molar-refractivity contribution is -0.501. The molecule has 6 nitrogen and oxygen atoms in total. The molecule has 2 heterocycles. The molecule has 2 fully saturated rings. The zero-order valence-corrected chi connectivity index (χ0v) is 18.8. The van der Waals surface area contributed by atoms with Gasteiger partial charge in [0.15, 0.2) is 5.71 Å². The molecular weight excluding hydrogens is 366 g/mol. The van der Waals surface area contributed by atoms with Crippen molar-refractivity contribution in [2.45, 2.75) is 64.3 Å². The van der Waals surface area contributed by atoms with Gasteiger partial charge in [-0.2, -0.15) is 0 Å². The first-order chi connectivity index (χ1) is 13.8. The summed E-state index contributed by atoms with van der Waals surface area (Å²) in [6, 6.07) is 0. The van der Waals surface area contributed by atoms with E-state index in [-0.39, 0.29) is 17.9 Å². The molecule has 0 radical (unpaired) electrons. The minimum atomic E-state index is -0.579. The van der Waals surface area contributed by atoms with Gasteiger partial charge >= 0.3 is 0 Å². The fraction of sp³-hybridized carbons (Fsp3) is 0.826. The van der Waals surface area contributed by atoms with E-state index in [1.165, 1.54) is 5.71 Å². The quantitative estimate of drug-likeness (QED) is 0.636. The number of nitrogens with one attached hydrogen (secondary N) is 1. The second-order valence-electron chi connectivity index (χ2n) is 9.82. The average Bonchev–Trinajstić information content (AvgIpc) is 3.20. The highest BCUT2D eigenvalue weighted by molar-refractivity contribution is 5.98. The number of rotatable bonds is 7. The Labute approximate surface area is 176 Å². The molecule has 0 aromatic rings. The Morgan fingerprint density at radius 2 is 2.00 bits per heavy atom. The monoisotopic (exact) mass is 406 g/mol. The van der Waals surface area contributed by atoms with E-state index < -0.39 is 5.54 Å². The molecule has 0 atom stereocenters. The Kier molecular flexibility index (Phi) is 7.18. The summed E-state index contributed by atoms with van der Waals surface area (Å²) in [6.07, 6.45) is 9.49. The summed E-state index contributed by atoms with van der Waals surface area (Å²) < 4.78 is 7.73. The summed E-state index contributed by atoms with van der Waals surface area (Å²) in [7, 11) is 4.15. The maximum atomic E-state index is 13.2. The van der Waals surface area contributed by atoms with Gasteiger partial charge in [0.05, 0.1) is 17.6 Å². The van der Waals surface area contributed by atoms with Gasteiger partial charge in [0.25, 0.3) is 0 Å². The molecule has 1 amide bonds. The number of ether oxygens (including phenoxy) is 1. The Morgan fingerprint density at radius 3 is 2.62 bits per heavy atom. The van der Waals surface area contributed by atoms with Crippen LogP contribution in [-0.2, 0) is 9.53 Å². The zero-order chi connectivity index (χ0) is 21.1. The van der Waals surface area contributed by atoms with Crippen LogP contribution in [0.15, 0.2) is 11.8 Å². The molecule has 0 bridgehead atoms. The number of carbonyl (C=O) groups is 1. The number of hydrogen-bond donors (Lipinski definition) is 2. The van der Waals surface area contributed by atoms with E-state index in [1.807, 2.05) is 13.8 Å². The van der Waals surface area contributed by atoms with Gasteiger partial charge in [-0.1, -0.05) is 12.8 Å². The topological polar surface area (TPSA) is 64.8 Å². The number of aliphatic hydroxyl groups excluding tert-OH is 1. The van der Waals surface area contributed by atoms with Crippen LogP contribution in [0, 0.1) is 11.3 Å². The van der Waals surface area contributed by atoms with E-state index in [2.05, 4.69) is 35.0 Å². The number of amides is 1. The highest BCUT2D eigenvalue weighted by atomic mass is 16.5. The fourth-order valence-corrected chi connectivity index (χ4v) is 4.98. The lowest BCUT2D eigenvalue weighted by atomic mass is 9.80. The fourth-order valence-electron chi connectivity index (χ4n) is 4.98. The molecule has 1 saturated heterocycles. The molecule has 6 heteroatoms. The summed E-state index contributed by atoms with van der Waals surface area (Å²) >= 11 is 0. The van der Waals surface area contributed by atoms with E-state index in [0.29, 0.717) is 5.92 Å². The van der Waals surface area contributed by atoms with E-state index >= 15 is 0 Å². The minimum absolute atomic E-state index is 0.0479. The smallest absolute Gasteiger partial charge is 0.244 e. The van der Waals surface area contributed by atoms with E-state index in [0.717, 1.165) is 76.9 Å². The molecule has 2 N–H and O–H groups in total. The van der Waals surface area contributed by atoms with Crippen molar-refractivity contribution in [3.8, 4) is 0 Å². The van der Waals surface area contributed by atoms with Crippen molar-refractivity contribution >= 4 is 11.6 Å². The van der Waals surface area contributed by atoms with Gasteiger partial charge in [0.1, 0.15) is 13.6 Å². The van der Waals surface area contributed by atoms with Gasteiger partial charge in [-0.3, -0.25) is 9.69 Å². The van der Waals surface area contributed by atoms with Gasteiger partial charge in [0, 0.05) is 38.0 Å². The third kappa shape index (κ3) is 4.92. The molecule has 0 aromatic carbocycles. The molecular formula is C23H40N3O3+. The van der Waals surface area contributed by atoms with Crippen molar-refractivity contribution in [2.75, 3.05) is 47.0 Å². The zero-order valence-electron chi connectivity index (χ0n) is 18.8. The lowest BCUT2D eigenvalue weighted by Gasteiger charge is -2.37.